The summed E-state index contributed by atoms with van der Waals surface area (Å²) in [5, 5.41) is -0.0373. The third-order valence-electron chi connectivity index (χ3n) is 6.90. The SMILES string of the molecule is CC(C)(C)[Si](C)(C)O[C@H](CCc1ccc(N2CCC(F)(F)C2)cc1)C(=O)OCc1ccccc1. The molecule has 0 spiro atoms. The summed E-state index contributed by atoms with van der Waals surface area (Å²) in [4.78, 5) is 14.7. The van der Waals surface area contributed by atoms with E-state index in [1.807, 2.05) is 54.6 Å². The lowest BCUT2D eigenvalue weighted by Crippen LogP contribution is -2.46. The van der Waals surface area contributed by atoms with Crippen LogP contribution in [-0.4, -0.2) is 39.4 Å². The average Bonchev–Trinajstić information content (AvgIpc) is 3.15. The number of anilines is 1. The quantitative estimate of drug-likeness (QED) is 0.294. The average molecular weight is 490 g/mol. The van der Waals surface area contributed by atoms with E-state index in [-0.39, 0.29) is 30.6 Å². The zero-order valence-corrected chi connectivity index (χ0v) is 21.9. The van der Waals surface area contributed by atoms with E-state index in [0.717, 1.165) is 16.8 Å². The van der Waals surface area contributed by atoms with Crippen molar-refractivity contribution in [1.29, 1.82) is 0 Å². The molecule has 1 fully saturated rings. The number of halogens is 2. The Balaban J connectivity index is 1.65. The van der Waals surface area contributed by atoms with Crippen molar-refractivity contribution in [3.8, 4) is 0 Å². The normalized spacial score (nSPS) is 17.0. The highest BCUT2D eigenvalue weighted by molar-refractivity contribution is 6.74. The van der Waals surface area contributed by atoms with Crippen molar-refractivity contribution >= 4 is 20.0 Å². The molecule has 1 heterocycles. The molecule has 0 radical (unpaired) electrons. The largest absolute Gasteiger partial charge is 0.459 e. The van der Waals surface area contributed by atoms with Crippen molar-refractivity contribution < 1.29 is 22.7 Å². The number of nitrogens with zero attached hydrogens (tertiary/aromatic N) is 1. The number of benzene rings is 2. The second-order valence-corrected chi connectivity index (χ2v) is 15.4. The molecule has 0 aromatic heterocycles. The summed E-state index contributed by atoms with van der Waals surface area (Å²) in [6.07, 6.45) is 0.380. The van der Waals surface area contributed by atoms with Gasteiger partial charge in [-0.15, -0.1) is 0 Å². The smallest absolute Gasteiger partial charge is 0.334 e. The number of esters is 1. The molecule has 34 heavy (non-hydrogen) atoms. The molecule has 0 aliphatic carbocycles. The van der Waals surface area contributed by atoms with Gasteiger partial charge in [-0.3, -0.25) is 0 Å². The number of hydrogen-bond donors (Lipinski definition) is 0. The first-order valence-electron chi connectivity index (χ1n) is 12.0. The Morgan fingerprint density at radius 2 is 1.71 bits per heavy atom. The Morgan fingerprint density at radius 1 is 1.06 bits per heavy atom. The van der Waals surface area contributed by atoms with Gasteiger partial charge in [0.1, 0.15) is 12.7 Å². The monoisotopic (exact) mass is 489 g/mol. The summed E-state index contributed by atoms with van der Waals surface area (Å²) in [7, 11) is -2.20. The predicted molar refractivity (Wildman–Crippen MR) is 135 cm³/mol. The van der Waals surface area contributed by atoms with Crippen molar-refractivity contribution in [3.05, 3.63) is 65.7 Å². The third kappa shape index (κ3) is 7.12. The van der Waals surface area contributed by atoms with Crippen molar-refractivity contribution in [2.24, 2.45) is 0 Å². The second-order valence-electron chi connectivity index (χ2n) is 10.7. The van der Waals surface area contributed by atoms with Gasteiger partial charge in [0.25, 0.3) is 5.92 Å². The second kappa shape index (κ2) is 10.6. The first-order chi connectivity index (χ1) is 15.9. The molecule has 1 aliphatic heterocycles. The number of hydrogen-bond acceptors (Lipinski definition) is 4. The minimum atomic E-state index is -2.62. The summed E-state index contributed by atoms with van der Waals surface area (Å²) < 4.78 is 39.2. The van der Waals surface area contributed by atoms with Crippen LogP contribution in [0.3, 0.4) is 0 Å². The lowest BCUT2D eigenvalue weighted by Gasteiger charge is -2.38. The van der Waals surface area contributed by atoms with Crippen LogP contribution in [-0.2, 0) is 27.0 Å². The summed E-state index contributed by atoms with van der Waals surface area (Å²) in [6, 6.07) is 17.3. The van der Waals surface area contributed by atoms with Crippen LogP contribution < -0.4 is 4.90 Å². The molecule has 2 aromatic rings. The molecular weight excluding hydrogens is 452 g/mol. The van der Waals surface area contributed by atoms with Crippen LogP contribution in [0.5, 0.6) is 0 Å². The van der Waals surface area contributed by atoms with Gasteiger partial charge < -0.3 is 14.1 Å². The molecule has 1 aliphatic rings. The first-order valence-corrected chi connectivity index (χ1v) is 14.9. The molecule has 1 saturated heterocycles. The molecule has 0 saturated carbocycles. The predicted octanol–water partition coefficient (Wildman–Crippen LogP) is 6.60. The van der Waals surface area contributed by atoms with E-state index < -0.39 is 20.3 Å². The van der Waals surface area contributed by atoms with Gasteiger partial charge in [0.05, 0.1) is 6.54 Å². The molecular formula is C27H37F2NO3Si. The Kier molecular flexibility index (Phi) is 8.19. The number of rotatable bonds is 9. The van der Waals surface area contributed by atoms with Crippen LogP contribution in [0.25, 0.3) is 0 Å². The van der Waals surface area contributed by atoms with Gasteiger partial charge in [-0.05, 0) is 54.2 Å². The molecule has 0 amide bonds. The Morgan fingerprint density at radius 3 is 2.26 bits per heavy atom. The molecule has 0 N–H and O–H groups in total. The highest BCUT2D eigenvalue weighted by atomic mass is 28.4. The van der Waals surface area contributed by atoms with E-state index in [0.29, 0.717) is 19.4 Å². The van der Waals surface area contributed by atoms with Gasteiger partial charge in [-0.2, -0.15) is 0 Å². The molecule has 4 nitrogen and oxygen atoms in total. The minimum Gasteiger partial charge on any atom is -0.459 e. The molecule has 186 valence electrons. The number of carbonyl (C=O) groups is 1. The highest BCUT2D eigenvalue weighted by Gasteiger charge is 2.41. The lowest BCUT2D eigenvalue weighted by molar-refractivity contribution is -0.154. The zero-order valence-electron chi connectivity index (χ0n) is 20.9. The summed E-state index contributed by atoms with van der Waals surface area (Å²) >= 11 is 0. The minimum absolute atomic E-state index is 0.0373. The van der Waals surface area contributed by atoms with Gasteiger partial charge in [0.15, 0.2) is 8.32 Å². The van der Waals surface area contributed by atoms with Crippen molar-refractivity contribution in [1.82, 2.24) is 0 Å². The fraction of sp³-hybridized carbons (Fsp3) is 0.519. The maximum absolute atomic E-state index is 13.5. The topological polar surface area (TPSA) is 38.8 Å². The van der Waals surface area contributed by atoms with Gasteiger partial charge in [-0.1, -0.05) is 63.2 Å². The molecule has 1 atom stereocenters. The highest BCUT2D eigenvalue weighted by Crippen LogP contribution is 2.38. The first kappa shape index (κ1) is 26.4. The van der Waals surface area contributed by atoms with Crippen LogP contribution >= 0.6 is 0 Å². The number of carbonyl (C=O) groups excluding carboxylic acids is 1. The van der Waals surface area contributed by atoms with Gasteiger partial charge in [0.2, 0.25) is 0 Å². The van der Waals surface area contributed by atoms with Gasteiger partial charge in [0, 0.05) is 18.7 Å². The van der Waals surface area contributed by atoms with E-state index in [9.17, 15) is 13.6 Å². The Bertz CT molecular complexity index is 943. The molecule has 3 rings (SSSR count). The molecule has 2 aromatic carbocycles. The van der Waals surface area contributed by atoms with Crippen molar-refractivity contribution in [3.63, 3.8) is 0 Å². The van der Waals surface area contributed by atoms with E-state index in [1.54, 1.807) is 4.90 Å². The van der Waals surface area contributed by atoms with Crippen molar-refractivity contribution in [2.75, 3.05) is 18.0 Å². The number of alkyl halides is 2. The third-order valence-corrected chi connectivity index (χ3v) is 11.4. The van der Waals surface area contributed by atoms with Gasteiger partial charge >= 0.3 is 5.97 Å². The summed E-state index contributed by atoms with van der Waals surface area (Å²) in [5.74, 6) is -2.96. The molecule has 7 heteroatoms. The maximum atomic E-state index is 13.5. The fourth-order valence-corrected chi connectivity index (χ4v) is 4.99. The standard InChI is InChI=1S/C27H37F2NO3Si/c1-26(2,3)34(4,5)33-24(25(31)32-19-22-9-7-6-8-10-22)16-13-21-11-14-23(15-12-21)30-18-17-27(28,29)20-30/h6-12,14-15,24H,13,16-20H2,1-5H3/t24-/m1/s1. The number of aryl methyl sites for hydroxylation is 1. The van der Waals surface area contributed by atoms with E-state index >= 15 is 0 Å². The van der Waals surface area contributed by atoms with Crippen LogP contribution in [0, 0.1) is 0 Å². The van der Waals surface area contributed by atoms with E-state index in [4.69, 9.17) is 9.16 Å². The summed E-state index contributed by atoms with van der Waals surface area (Å²) in [5.41, 5.74) is 2.77. The fourth-order valence-electron chi connectivity index (χ4n) is 3.71. The van der Waals surface area contributed by atoms with E-state index in [1.165, 1.54) is 0 Å². The van der Waals surface area contributed by atoms with Crippen LogP contribution in [0.15, 0.2) is 54.6 Å². The maximum Gasteiger partial charge on any atom is 0.334 e. The zero-order chi connectivity index (χ0) is 25.0. The molecule has 0 unspecified atom stereocenters. The van der Waals surface area contributed by atoms with E-state index in [2.05, 4.69) is 33.9 Å². The van der Waals surface area contributed by atoms with Crippen molar-refractivity contribution in [2.45, 2.75) is 76.8 Å². The Hall–Kier alpha value is -2.25. The Labute approximate surface area is 203 Å². The van der Waals surface area contributed by atoms with Crippen LogP contribution in [0.1, 0.15) is 44.7 Å². The lowest BCUT2D eigenvalue weighted by atomic mass is 10.1. The van der Waals surface area contributed by atoms with Gasteiger partial charge in [-0.25, -0.2) is 13.6 Å². The molecule has 0 bridgehead atoms. The van der Waals surface area contributed by atoms with Crippen LogP contribution in [0.2, 0.25) is 18.1 Å². The van der Waals surface area contributed by atoms with Crippen LogP contribution in [0.4, 0.5) is 14.5 Å². The number of ether oxygens (including phenoxy) is 1. The summed E-state index contributed by atoms with van der Waals surface area (Å²) in [6.45, 7) is 11.0.